The van der Waals surface area contributed by atoms with E-state index in [1.165, 1.54) is 31.6 Å². The Morgan fingerprint density at radius 1 is 1.43 bits per heavy atom. The van der Waals surface area contributed by atoms with Crippen molar-refractivity contribution < 1.29 is 0 Å². The van der Waals surface area contributed by atoms with Crippen molar-refractivity contribution in [1.82, 2.24) is 14.8 Å². The second-order valence-corrected chi connectivity index (χ2v) is 6.08. The molecule has 0 aromatic carbocycles. The summed E-state index contributed by atoms with van der Waals surface area (Å²) in [5.41, 5.74) is 2.34. The fourth-order valence-electron chi connectivity index (χ4n) is 3.16. The van der Waals surface area contributed by atoms with Crippen molar-refractivity contribution in [3.8, 4) is 0 Å². The molecule has 2 rings (SSSR count). The van der Waals surface area contributed by atoms with Gasteiger partial charge in [0.05, 0.1) is 5.69 Å². The Bertz CT molecular complexity index is 421. The molecule has 0 spiro atoms. The molecule has 1 aromatic heterocycles. The van der Waals surface area contributed by atoms with Gasteiger partial charge in [0, 0.05) is 37.6 Å². The van der Waals surface area contributed by atoms with Gasteiger partial charge in [0.25, 0.3) is 0 Å². The molecular formula is C17H30N4. The summed E-state index contributed by atoms with van der Waals surface area (Å²) in [6, 6.07) is 4.95. The number of hydrogen-bond donors (Lipinski definition) is 1. The lowest BCUT2D eigenvalue weighted by Crippen LogP contribution is -2.38. The first kappa shape index (κ1) is 16.2. The average molecular weight is 290 g/mol. The molecule has 4 heteroatoms. The average Bonchev–Trinajstić information content (AvgIpc) is 2.92. The van der Waals surface area contributed by atoms with Crippen LogP contribution < -0.4 is 5.32 Å². The van der Waals surface area contributed by atoms with E-state index in [2.05, 4.69) is 53.1 Å². The Hall–Kier alpha value is -1.13. The Morgan fingerprint density at radius 3 is 3.05 bits per heavy atom. The molecule has 118 valence electrons. The topological polar surface area (TPSA) is 31.4 Å². The van der Waals surface area contributed by atoms with Crippen LogP contribution in [0.2, 0.25) is 0 Å². The number of rotatable bonds is 8. The number of anilines is 1. The number of aromatic nitrogens is 1. The lowest BCUT2D eigenvalue weighted by Gasteiger charge is -2.27. The summed E-state index contributed by atoms with van der Waals surface area (Å²) in [5, 5.41) is 3.43. The highest BCUT2D eigenvalue weighted by Crippen LogP contribution is 2.18. The Kier molecular flexibility index (Phi) is 6.46. The summed E-state index contributed by atoms with van der Waals surface area (Å²) in [6.07, 6.45) is 5.74. The van der Waals surface area contributed by atoms with Gasteiger partial charge in [-0.25, -0.2) is 0 Å². The molecule has 1 aliphatic heterocycles. The summed E-state index contributed by atoms with van der Waals surface area (Å²) in [5.74, 6) is 0. The second kappa shape index (κ2) is 8.35. The molecule has 1 N–H and O–H groups in total. The predicted octanol–water partition coefficient (Wildman–Crippen LogP) is 2.82. The Morgan fingerprint density at radius 2 is 2.29 bits per heavy atom. The van der Waals surface area contributed by atoms with Crippen LogP contribution in [0.1, 0.15) is 38.8 Å². The quantitative estimate of drug-likeness (QED) is 0.798. The SMILES string of the molecule is CCCNc1ccnc(CN(C)CC2CCCN2CC)c1. The minimum Gasteiger partial charge on any atom is -0.385 e. The van der Waals surface area contributed by atoms with Crippen LogP contribution in [0, 0.1) is 0 Å². The van der Waals surface area contributed by atoms with Crippen molar-refractivity contribution in [3.63, 3.8) is 0 Å². The molecule has 1 fully saturated rings. The highest BCUT2D eigenvalue weighted by atomic mass is 15.2. The van der Waals surface area contributed by atoms with E-state index in [1.54, 1.807) is 0 Å². The van der Waals surface area contributed by atoms with Crippen molar-refractivity contribution in [2.45, 2.75) is 45.7 Å². The van der Waals surface area contributed by atoms with Crippen LogP contribution in [0.25, 0.3) is 0 Å². The number of likely N-dealkylation sites (tertiary alicyclic amines) is 1. The molecule has 0 aliphatic carbocycles. The molecule has 0 amide bonds. The van der Waals surface area contributed by atoms with Gasteiger partial charge in [-0.2, -0.15) is 0 Å². The molecule has 21 heavy (non-hydrogen) atoms. The summed E-state index contributed by atoms with van der Waals surface area (Å²) in [4.78, 5) is 9.51. The number of likely N-dealkylation sites (N-methyl/N-ethyl adjacent to an activating group) is 2. The molecule has 0 bridgehead atoms. The lowest BCUT2D eigenvalue weighted by molar-refractivity contribution is 0.194. The summed E-state index contributed by atoms with van der Waals surface area (Å²) < 4.78 is 0. The number of hydrogen-bond acceptors (Lipinski definition) is 4. The van der Waals surface area contributed by atoms with Crippen LogP contribution in [-0.2, 0) is 6.54 Å². The summed E-state index contributed by atoms with van der Waals surface area (Å²) in [6.45, 7) is 9.98. The molecule has 1 aliphatic rings. The van der Waals surface area contributed by atoms with Crippen molar-refractivity contribution in [2.75, 3.05) is 38.5 Å². The van der Waals surface area contributed by atoms with Crippen molar-refractivity contribution in [3.05, 3.63) is 24.0 Å². The van der Waals surface area contributed by atoms with E-state index in [-0.39, 0.29) is 0 Å². The van der Waals surface area contributed by atoms with Crippen molar-refractivity contribution in [2.24, 2.45) is 0 Å². The van der Waals surface area contributed by atoms with E-state index < -0.39 is 0 Å². The number of nitrogens with one attached hydrogen (secondary N) is 1. The molecule has 1 unspecified atom stereocenters. The highest BCUT2D eigenvalue weighted by molar-refractivity contribution is 5.43. The van der Waals surface area contributed by atoms with E-state index in [0.717, 1.165) is 37.8 Å². The third kappa shape index (κ3) is 4.97. The standard InChI is InChI=1S/C17H30N4/c1-4-9-18-15-8-10-19-16(12-15)13-20(3)14-17-7-6-11-21(17)5-2/h8,10,12,17H,4-7,9,11,13-14H2,1-3H3,(H,18,19). The summed E-state index contributed by atoms with van der Waals surface area (Å²) in [7, 11) is 2.21. The molecule has 2 heterocycles. The first-order valence-electron chi connectivity index (χ1n) is 8.34. The van der Waals surface area contributed by atoms with Gasteiger partial charge in [-0.05, 0) is 51.5 Å². The van der Waals surface area contributed by atoms with Crippen LogP contribution in [0.15, 0.2) is 18.3 Å². The molecular weight excluding hydrogens is 260 g/mol. The molecule has 1 aromatic rings. The zero-order valence-corrected chi connectivity index (χ0v) is 13.8. The monoisotopic (exact) mass is 290 g/mol. The lowest BCUT2D eigenvalue weighted by atomic mass is 10.2. The van der Waals surface area contributed by atoms with Crippen LogP contribution in [0.5, 0.6) is 0 Å². The van der Waals surface area contributed by atoms with E-state index in [9.17, 15) is 0 Å². The second-order valence-electron chi connectivity index (χ2n) is 6.08. The van der Waals surface area contributed by atoms with Crippen LogP contribution >= 0.6 is 0 Å². The van der Waals surface area contributed by atoms with Gasteiger partial charge in [0.1, 0.15) is 0 Å². The summed E-state index contributed by atoms with van der Waals surface area (Å²) >= 11 is 0. The number of nitrogens with zero attached hydrogens (tertiary/aromatic N) is 3. The fraction of sp³-hybridized carbons (Fsp3) is 0.706. The van der Waals surface area contributed by atoms with Gasteiger partial charge in [-0.3, -0.25) is 14.8 Å². The van der Waals surface area contributed by atoms with Gasteiger partial charge in [0.2, 0.25) is 0 Å². The van der Waals surface area contributed by atoms with Crippen LogP contribution in [0.3, 0.4) is 0 Å². The minimum absolute atomic E-state index is 0.724. The largest absolute Gasteiger partial charge is 0.385 e. The molecule has 1 atom stereocenters. The maximum absolute atomic E-state index is 4.51. The minimum atomic E-state index is 0.724. The van der Waals surface area contributed by atoms with Crippen LogP contribution in [0.4, 0.5) is 5.69 Å². The third-order valence-electron chi connectivity index (χ3n) is 4.26. The zero-order chi connectivity index (χ0) is 15.1. The maximum Gasteiger partial charge on any atom is 0.0564 e. The van der Waals surface area contributed by atoms with Gasteiger partial charge in [-0.15, -0.1) is 0 Å². The Labute approximate surface area is 129 Å². The predicted molar refractivity (Wildman–Crippen MR) is 89.6 cm³/mol. The highest BCUT2D eigenvalue weighted by Gasteiger charge is 2.23. The van der Waals surface area contributed by atoms with E-state index >= 15 is 0 Å². The van der Waals surface area contributed by atoms with Gasteiger partial charge >= 0.3 is 0 Å². The Balaban J connectivity index is 1.85. The van der Waals surface area contributed by atoms with Crippen molar-refractivity contribution >= 4 is 5.69 Å². The van der Waals surface area contributed by atoms with Gasteiger partial charge < -0.3 is 5.32 Å². The smallest absolute Gasteiger partial charge is 0.0564 e. The van der Waals surface area contributed by atoms with Gasteiger partial charge in [-0.1, -0.05) is 13.8 Å². The van der Waals surface area contributed by atoms with Crippen LogP contribution in [-0.4, -0.2) is 54.1 Å². The molecule has 0 saturated carbocycles. The fourth-order valence-corrected chi connectivity index (χ4v) is 3.16. The van der Waals surface area contributed by atoms with E-state index in [1.807, 2.05) is 6.20 Å². The maximum atomic E-state index is 4.51. The number of pyridine rings is 1. The molecule has 1 saturated heterocycles. The van der Waals surface area contributed by atoms with E-state index in [0.29, 0.717) is 0 Å². The molecule has 0 radical (unpaired) electrons. The first-order chi connectivity index (χ1) is 10.2. The van der Waals surface area contributed by atoms with Crippen molar-refractivity contribution in [1.29, 1.82) is 0 Å². The van der Waals surface area contributed by atoms with Gasteiger partial charge in [0.15, 0.2) is 0 Å². The third-order valence-corrected chi connectivity index (χ3v) is 4.26. The normalized spacial score (nSPS) is 19.3. The van der Waals surface area contributed by atoms with E-state index in [4.69, 9.17) is 0 Å². The zero-order valence-electron chi connectivity index (χ0n) is 13.8. The first-order valence-corrected chi connectivity index (χ1v) is 8.34. The molecule has 4 nitrogen and oxygen atoms in total.